The fourth-order valence-corrected chi connectivity index (χ4v) is 2.72. The van der Waals surface area contributed by atoms with Crippen molar-refractivity contribution in [2.75, 3.05) is 13.2 Å². The Bertz CT molecular complexity index is 710. The number of rotatable bonds is 13. The van der Waals surface area contributed by atoms with Crippen LogP contribution in [0.2, 0.25) is 0 Å². The van der Waals surface area contributed by atoms with Gasteiger partial charge in [-0.05, 0) is 49.2 Å². The molecule has 0 saturated heterocycles. The normalized spacial score (nSPS) is 11.1. The maximum absolute atomic E-state index is 10.2. The highest BCUT2D eigenvalue weighted by Gasteiger charge is 2.02. The number of hydrogen-bond donors (Lipinski definition) is 1. The van der Waals surface area contributed by atoms with Crippen molar-refractivity contribution >= 4 is 11.9 Å². The van der Waals surface area contributed by atoms with Gasteiger partial charge >= 0.3 is 0 Å². The molecule has 1 N–H and O–H groups in total. The zero-order valence-corrected chi connectivity index (χ0v) is 17.2. The first-order valence-corrected chi connectivity index (χ1v) is 10.5. The van der Waals surface area contributed by atoms with E-state index in [4.69, 9.17) is 9.47 Å². The Labute approximate surface area is 169 Å². The summed E-state index contributed by atoms with van der Waals surface area (Å²) in [5.41, 5.74) is 1.48. The van der Waals surface area contributed by atoms with E-state index in [0.717, 1.165) is 37.3 Å². The third kappa shape index (κ3) is 8.03. The van der Waals surface area contributed by atoms with Gasteiger partial charge in [0.15, 0.2) is 0 Å². The molecule has 4 heteroatoms. The first-order valence-electron chi connectivity index (χ1n) is 10.5. The summed E-state index contributed by atoms with van der Waals surface area (Å²) in [5, 5.41) is 10.2. The van der Waals surface area contributed by atoms with E-state index in [0.29, 0.717) is 17.9 Å². The molecule has 2 rings (SSSR count). The third-order valence-corrected chi connectivity index (χ3v) is 4.47. The van der Waals surface area contributed by atoms with E-state index < -0.39 is 0 Å². The lowest BCUT2D eigenvalue weighted by Crippen LogP contribution is -1.97. The van der Waals surface area contributed by atoms with Crippen molar-refractivity contribution < 1.29 is 14.6 Å². The molecule has 4 nitrogen and oxygen atoms in total. The van der Waals surface area contributed by atoms with Gasteiger partial charge in [0, 0.05) is 17.8 Å². The molecule has 0 amide bonds. The first-order chi connectivity index (χ1) is 13.7. The molecule has 0 bridgehead atoms. The number of unbranched alkanes of at least 4 members (excludes halogenated alkanes) is 5. The highest BCUT2D eigenvalue weighted by atomic mass is 16.5. The van der Waals surface area contributed by atoms with Crippen LogP contribution in [0.5, 0.6) is 17.2 Å². The van der Waals surface area contributed by atoms with Crippen LogP contribution in [0.1, 0.15) is 64.4 Å². The second-order valence-electron chi connectivity index (χ2n) is 6.94. The topological polar surface area (TPSA) is 51.0 Å². The Morgan fingerprint density at radius 1 is 0.786 bits per heavy atom. The second kappa shape index (κ2) is 12.8. The van der Waals surface area contributed by atoms with Crippen LogP contribution in [0.25, 0.3) is 0 Å². The number of phenols is 1. The maximum Gasteiger partial charge on any atom is 0.128 e. The maximum atomic E-state index is 10.2. The van der Waals surface area contributed by atoms with E-state index in [1.165, 1.54) is 25.7 Å². The van der Waals surface area contributed by atoms with E-state index in [9.17, 15) is 5.11 Å². The minimum absolute atomic E-state index is 0.173. The average molecular weight is 384 g/mol. The Kier molecular flexibility index (Phi) is 9.98. The molecule has 28 heavy (non-hydrogen) atoms. The minimum Gasteiger partial charge on any atom is -0.507 e. The minimum atomic E-state index is 0.173. The summed E-state index contributed by atoms with van der Waals surface area (Å²) < 4.78 is 11.4. The Hall–Kier alpha value is -2.49. The molecule has 0 spiro atoms. The van der Waals surface area contributed by atoms with Gasteiger partial charge in [0.05, 0.1) is 18.9 Å². The highest BCUT2D eigenvalue weighted by molar-refractivity contribution is 5.85. The van der Waals surface area contributed by atoms with Crippen LogP contribution < -0.4 is 9.47 Å². The molecular weight excluding hydrogens is 350 g/mol. The van der Waals surface area contributed by atoms with Gasteiger partial charge < -0.3 is 14.6 Å². The molecule has 0 radical (unpaired) electrons. The van der Waals surface area contributed by atoms with Crippen LogP contribution in [-0.2, 0) is 0 Å². The van der Waals surface area contributed by atoms with E-state index in [-0.39, 0.29) is 5.75 Å². The van der Waals surface area contributed by atoms with Crippen LogP contribution in [0.15, 0.2) is 47.5 Å². The molecule has 152 valence electrons. The molecule has 0 fully saturated rings. The van der Waals surface area contributed by atoms with E-state index in [1.807, 2.05) is 36.4 Å². The largest absolute Gasteiger partial charge is 0.507 e. The van der Waals surface area contributed by atoms with E-state index in [1.54, 1.807) is 12.3 Å². The summed E-state index contributed by atoms with van der Waals surface area (Å²) in [6.45, 7) is 5.77. The lowest BCUT2D eigenvalue weighted by Gasteiger charge is -2.08. The zero-order chi connectivity index (χ0) is 20.0. The Morgan fingerprint density at radius 2 is 1.43 bits per heavy atom. The summed E-state index contributed by atoms with van der Waals surface area (Å²) >= 11 is 0. The standard InChI is InChI=1S/C24H33NO3/c1-3-5-7-8-9-17-28-23-13-10-20(24(26)18-23)19-25-21-11-14-22(15-12-21)27-16-6-4-2/h10-15,18-19,26H,3-9,16-17H2,1-2H3. The fourth-order valence-electron chi connectivity index (χ4n) is 2.72. The summed E-state index contributed by atoms with van der Waals surface area (Å²) in [7, 11) is 0. The smallest absolute Gasteiger partial charge is 0.128 e. The van der Waals surface area contributed by atoms with Gasteiger partial charge in [-0.25, -0.2) is 0 Å². The molecule has 0 saturated carbocycles. The van der Waals surface area contributed by atoms with Crippen molar-refractivity contribution in [1.82, 2.24) is 0 Å². The van der Waals surface area contributed by atoms with Gasteiger partial charge in [0.1, 0.15) is 17.2 Å². The van der Waals surface area contributed by atoms with Crippen molar-refractivity contribution in [3.63, 3.8) is 0 Å². The van der Waals surface area contributed by atoms with Gasteiger partial charge in [-0.2, -0.15) is 0 Å². The zero-order valence-electron chi connectivity index (χ0n) is 17.2. The molecule has 0 unspecified atom stereocenters. The van der Waals surface area contributed by atoms with E-state index >= 15 is 0 Å². The predicted octanol–water partition coefficient (Wildman–Crippen LogP) is 6.67. The quantitative estimate of drug-likeness (QED) is 0.310. The molecule has 2 aromatic rings. The highest BCUT2D eigenvalue weighted by Crippen LogP contribution is 2.24. The summed E-state index contributed by atoms with van der Waals surface area (Å²) in [5.74, 6) is 1.72. The summed E-state index contributed by atoms with van der Waals surface area (Å²) in [6.07, 6.45) is 9.85. The Balaban J connectivity index is 1.83. The lowest BCUT2D eigenvalue weighted by atomic mass is 10.2. The molecule has 0 aliphatic carbocycles. The van der Waals surface area contributed by atoms with Crippen molar-refractivity contribution in [3.05, 3.63) is 48.0 Å². The van der Waals surface area contributed by atoms with Crippen molar-refractivity contribution in [3.8, 4) is 17.2 Å². The van der Waals surface area contributed by atoms with Gasteiger partial charge in [-0.15, -0.1) is 0 Å². The van der Waals surface area contributed by atoms with Crippen LogP contribution >= 0.6 is 0 Å². The van der Waals surface area contributed by atoms with Crippen molar-refractivity contribution in [2.45, 2.75) is 58.8 Å². The lowest BCUT2D eigenvalue weighted by molar-refractivity contribution is 0.303. The number of aliphatic imine (C=N–C) groups is 1. The molecule has 0 heterocycles. The van der Waals surface area contributed by atoms with Gasteiger partial charge in [0.2, 0.25) is 0 Å². The Morgan fingerprint density at radius 3 is 2.14 bits per heavy atom. The number of ether oxygens (including phenoxy) is 2. The summed E-state index contributed by atoms with van der Waals surface area (Å²) in [6, 6.07) is 13.0. The van der Waals surface area contributed by atoms with Gasteiger partial charge in [-0.3, -0.25) is 4.99 Å². The van der Waals surface area contributed by atoms with Gasteiger partial charge in [-0.1, -0.05) is 46.0 Å². The molecule has 0 aliphatic rings. The number of phenolic OH excluding ortho intramolecular Hbond substituents is 1. The second-order valence-corrected chi connectivity index (χ2v) is 6.94. The molecule has 0 aromatic heterocycles. The SMILES string of the molecule is CCCCCCCOc1ccc(C=Nc2ccc(OCCCC)cc2)c(O)c1. The van der Waals surface area contributed by atoms with Crippen LogP contribution in [0.4, 0.5) is 5.69 Å². The number of aromatic hydroxyl groups is 1. The average Bonchev–Trinajstić information content (AvgIpc) is 2.71. The van der Waals surface area contributed by atoms with Crippen molar-refractivity contribution in [1.29, 1.82) is 0 Å². The third-order valence-electron chi connectivity index (χ3n) is 4.47. The molecular formula is C24H33NO3. The molecule has 2 aromatic carbocycles. The van der Waals surface area contributed by atoms with Crippen LogP contribution in [0.3, 0.4) is 0 Å². The number of benzene rings is 2. The van der Waals surface area contributed by atoms with Crippen LogP contribution in [-0.4, -0.2) is 24.5 Å². The molecule has 0 aliphatic heterocycles. The van der Waals surface area contributed by atoms with Gasteiger partial charge in [0.25, 0.3) is 0 Å². The predicted molar refractivity (Wildman–Crippen MR) is 116 cm³/mol. The number of hydrogen-bond acceptors (Lipinski definition) is 4. The number of nitrogens with zero attached hydrogens (tertiary/aromatic N) is 1. The fraction of sp³-hybridized carbons (Fsp3) is 0.458. The van der Waals surface area contributed by atoms with Crippen molar-refractivity contribution in [2.24, 2.45) is 4.99 Å². The van der Waals surface area contributed by atoms with E-state index in [2.05, 4.69) is 18.8 Å². The first kappa shape index (κ1) is 21.8. The summed E-state index contributed by atoms with van der Waals surface area (Å²) in [4.78, 5) is 4.43. The monoisotopic (exact) mass is 383 g/mol. The van der Waals surface area contributed by atoms with Crippen LogP contribution in [0, 0.1) is 0 Å². The molecule has 0 atom stereocenters.